The largest absolute Gasteiger partial charge is 0.738 e. The minimum Gasteiger partial charge on any atom is -0.389 e. The third kappa shape index (κ3) is 2.05. The minimum atomic E-state index is -4.04. The molecule has 4 rings (SSSR count). The molecule has 3 heterocycles. The van der Waals surface area contributed by atoms with Crippen molar-refractivity contribution in [1.82, 2.24) is 4.48 Å². The van der Waals surface area contributed by atoms with Crippen molar-refractivity contribution in [2.75, 3.05) is 0 Å². The number of nitrogens with zero attached hydrogens (tertiary/aromatic N) is 2. The van der Waals surface area contributed by atoms with Gasteiger partial charge in [0.2, 0.25) is 4.62 Å². The average molecular weight is 458 g/mol. The highest BCUT2D eigenvalue weighted by atomic mass is 79.9. The topological polar surface area (TPSA) is 7.94 Å². The van der Waals surface area contributed by atoms with Gasteiger partial charge in [-0.2, -0.15) is 0 Å². The molecule has 2 nitrogen and oxygen atoms in total. The zero-order valence-electron chi connectivity index (χ0n) is 12.4. The van der Waals surface area contributed by atoms with Gasteiger partial charge in [0.25, 0.3) is 0 Å². The lowest BCUT2D eigenvalue weighted by Gasteiger charge is -2.32. The van der Waals surface area contributed by atoms with E-state index in [1.54, 1.807) is 37.3 Å². The molecule has 2 aromatic rings. The Kier molecular flexibility index (Phi) is 3.48. The Morgan fingerprint density at radius 1 is 1.08 bits per heavy atom. The van der Waals surface area contributed by atoms with E-state index in [0.717, 1.165) is 14.5 Å². The van der Waals surface area contributed by atoms with E-state index < -0.39 is 6.97 Å². The van der Waals surface area contributed by atoms with E-state index in [0.29, 0.717) is 31.8 Å². The summed E-state index contributed by atoms with van der Waals surface area (Å²) in [4.78, 5) is 0. The van der Waals surface area contributed by atoms with Crippen LogP contribution in [0.5, 0.6) is 0 Å². The molecule has 0 fully saturated rings. The number of fused-ring (bicyclic) bond motifs is 2. The maximum atomic E-state index is 15.1. The standard InChI is InChI=1S/C16H10BBr2F3N2/c1-9-8-10(20)2-3-11(9)16-12-4-6-14(18)23(12)17(21,22)24-13(16)5-7-15(24)19/h2-8H,1H3. The van der Waals surface area contributed by atoms with E-state index in [1.165, 1.54) is 12.1 Å². The van der Waals surface area contributed by atoms with Crippen molar-refractivity contribution in [3.8, 4) is 0 Å². The van der Waals surface area contributed by atoms with Crippen LogP contribution >= 0.6 is 31.9 Å². The van der Waals surface area contributed by atoms with Crippen LogP contribution in [-0.2, 0) is 0 Å². The Balaban J connectivity index is 2.12. The second-order valence-corrected chi connectivity index (χ2v) is 7.37. The summed E-state index contributed by atoms with van der Waals surface area (Å²) in [5.74, 6) is -0.352. The van der Waals surface area contributed by atoms with E-state index in [1.807, 2.05) is 0 Å². The first-order valence-electron chi connectivity index (χ1n) is 7.22. The van der Waals surface area contributed by atoms with Crippen LogP contribution in [0.3, 0.4) is 0 Å². The van der Waals surface area contributed by atoms with Gasteiger partial charge in [-0.05, 0) is 58.2 Å². The SMILES string of the molecule is Cc1cc(F)ccc1C1=C2C=CC(Br)=[N+]2[B-](F)(F)n2c(Br)ccc21. The minimum absolute atomic E-state index is 0.297. The Labute approximate surface area is 153 Å². The van der Waals surface area contributed by atoms with Crippen molar-refractivity contribution in [2.45, 2.75) is 6.92 Å². The van der Waals surface area contributed by atoms with E-state index >= 15 is 8.63 Å². The molecule has 0 N–H and O–H groups in total. The number of hydrogen-bond acceptors (Lipinski definition) is 0. The third-order valence-corrected chi connectivity index (χ3v) is 5.62. The number of aryl methyl sites for hydroxylation is 1. The molecule has 0 saturated heterocycles. The van der Waals surface area contributed by atoms with Crippen LogP contribution in [0.25, 0.3) is 5.57 Å². The summed E-state index contributed by atoms with van der Waals surface area (Å²) >= 11 is 6.44. The smallest absolute Gasteiger partial charge is 0.389 e. The molecule has 0 amide bonds. The van der Waals surface area contributed by atoms with Crippen LogP contribution in [0.2, 0.25) is 0 Å². The molecule has 8 heteroatoms. The monoisotopic (exact) mass is 456 g/mol. The van der Waals surface area contributed by atoms with Gasteiger partial charge in [0.05, 0.1) is 10.2 Å². The van der Waals surface area contributed by atoms with Gasteiger partial charge >= 0.3 is 6.97 Å². The van der Waals surface area contributed by atoms with Crippen molar-refractivity contribution in [2.24, 2.45) is 0 Å². The van der Waals surface area contributed by atoms with Gasteiger partial charge < -0.3 is 17.6 Å². The lowest BCUT2D eigenvalue weighted by atomic mass is 9.85. The van der Waals surface area contributed by atoms with Crippen molar-refractivity contribution >= 4 is 49.0 Å². The zero-order valence-corrected chi connectivity index (χ0v) is 15.6. The van der Waals surface area contributed by atoms with Gasteiger partial charge in [-0.25, -0.2) is 4.39 Å². The molecule has 0 radical (unpaired) electrons. The van der Waals surface area contributed by atoms with Crippen LogP contribution in [0.4, 0.5) is 13.0 Å². The Morgan fingerprint density at radius 3 is 2.54 bits per heavy atom. The molecule has 0 unspecified atom stereocenters. The lowest BCUT2D eigenvalue weighted by Crippen LogP contribution is -2.50. The van der Waals surface area contributed by atoms with Crippen molar-refractivity contribution in [3.05, 3.63) is 75.4 Å². The van der Waals surface area contributed by atoms with Crippen molar-refractivity contribution < 1.29 is 17.5 Å². The van der Waals surface area contributed by atoms with Crippen LogP contribution in [0.1, 0.15) is 16.8 Å². The number of allylic oxidation sites excluding steroid dienone is 2. The highest BCUT2D eigenvalue weighted by molar-refractivity contribution is 9.18. The fourth-order valence-corrected chi connectivity index (χ4v) is 4.46. The Bertz CT molecular complexity index is 989. The van der Waals surface area contributed by atoms with E-state index in [4.69, 9.17) is 0 Å². The zero-order chi connectivity index (χ0) is 17.2. The van der Waals surface area contributed by atoms with E-state index in [2.05, 4.69) is 31.9 Å². The molecule has 0 aliphatic carbocycles. The van der Waals surface area contributed by atoms with Gasteiger partial charge in [0, 0.05) is 33.8 Å². The predicted octanol–water partition coefficient (Wildman–Crippen LogP) is 5.07. The second-order valence-electron chi connectivity index (χ2n) is 5.75. The molecular formula is C16H10BBr2F3N2. The number of rotatable bonds is 1. The summed E-state index contributed by atoms with van der Waals surface area (Å²) in [5.41, 5.74) is 2.87. The molecule has 2 aliphatic heterocycles. The second kappa shape index (κ2) is 5.23. The molecule has 1 aromatic carbocycles. The first kappa shape index (κ1) is 16.0. The van der Waals surface area contributed by atoms with Gasteiger partial charge in [0.1, 0.15) is 5.82 Å². The fourth-order valence-electron chi connectivity index (χ4n) is 3.32. The summed E-state index contributed by atoms with van der Waals surface area (Å²) in [6.45, 7) is -2.27. The molecule has 1 aromatic heterocycles. The Morgan fingerprint density at radius 2 is 1.83 bits per heavy atom. The number of aromatic nitrogens is 1. The highest BCUT2D eigenvalue weighted by Gasteiger charge is 2.54. The summed E-state index contributed by atoms with van der Waals surface area (Å²) in [5, 5.41) is 0. The number of halogens is 5. The molecule has 0 saturated carbocycles. The first-order chi connectivity index (χ1) is 11.3. The van der Waals surface area contributed by atoms with Crippen LogP contribution in [0.15, 0.2) is 52.8 Å². The normalized spacial score (nSPS) is 18.2. The molecule has 0 spiro atoms. The van der Waals surface area contributed by atoms with Gasteiger partial charge in [-0.15, -0.1) is 0 Å². The van der Waals surface area contributed by atoms with E-state index in [9.17, 15) is 4.39 Å². The molecule has 122 valence electrons. The highest BCUT2D eigenvalue weighted by Crippen LogP contribution is 2.42. The lowest BCUT2D eigenvalue weighted by molar-refractivity contribution is -0.358. The van der Waals surface area contributed by atoms with Crippen LogP contribution in [-0.4, -0.2) is 20.6 Å². The van der Waals surface area contributed by atoms with Crippen molar-refractivity contribution in [3.63, 3.8) is 0 Å². The number of benzene rings is 1. The van der Waals surface area contributed by atoms with Gasteiger partial charge in [-0.1, -0.05) is 6.07 Å². The number of hydrogen-bond donors (Lipinski definition) is 0. The average Bonchev–Trinajstić information content (AvgIpc) is 3.06. The Hall–Kier alpha value is -1.54. The summed E-state index contributed by atoms with van der Waals surface area (Å²) in [6, 6.07) is 7.64. The molecule has 24 heavy (non-hydrogen) atoms. The summed E-state index contributed by atoms with van der Waals surface area (Å²) in [7, 11) is 0. The van der Waals surface area contributed by atoms with Crippen LogP contribution < -0.4 is 0 Å². The molecule has 0 atom stereocenters. The summed E-state index contributed by atoms with van der Waals surface area (Å²) < 4.78 is 46.2. The molecule has 0 bridgehead atoms. The molecular weight excluding hydrogens is 448 g/mol. The van der Waals surface area contributed by atoms with Gasteiger partial charge in [-0.3, -0.25) is 0 Å². The van der Waals surface area contributed by atoms with Crippen molar-refractivity contribution in [1.29, 1.82) is 0 Å². The van der Waals surface area contributed by atoms with Crippen LogP contribution in [0, 0.1) is 12.7 Å². The molecule has 2 aliphatic rings. The third-order valence-electron chi connectivity index (χ3n) is 4.33. The predicted molar refractivity (Wildman–Crippen MR) is 96.0 cm³/mol. The van der Waals surface area contributed by atoms with Gasteiger partial charge in [0.15, 0.2) is 5.70 Å². The maximum Gasteiger partial charge on any atom is 0.738 e. The van der Waals surface area contributed by atoms with E-state index in [-0.39, 0.29) is 5.82 Å². The first-order valence-corrected chi connectivity index (χ1v) is 8.81. The summed E-state index contributed by atoms with van der Waals surface area (Å²) in [6.07, 6.45) is 3.26. The quantitative estimate of drug-likeness (QED) is 0.528. The maximum absolute atomic E-state index is 15.1. The fraction of sp³-hybridized carbons (Fsp3) is 0.0625.